The van der Waals surface area contributed by atoms with Crippen molar-refractivity contribution in [3.8, 4) is 0 Å². The van der Waals surface area contributed by atoms with Gasteiger partial charge in [-0.15, -0.1) is 0 Å². The molecule has 0 fully saturated rings. The van der Waals surface area contributed by atoms with E-state index in [4.69, 9.17) is 4.74 Å². The first-order valence-corrected chi connectivity index (χ1v) is 5.58. The number of hydrogen-bond acceptors (Lipinski definition) is 2. The number of allylic oxidation sites excluding steroid dienone is 2. The van der Waals surface area contributed by atoms with Crippen LogP contribution in [0.1, 0.15) is 33.1 Å². The third kappa shape index (κ3) is 3.90. The van der Waals surface area contributed by atoms with Crippen LogP contribution in [-0.2, 0) is 9.53 Å². The molecule has 0 aromatic rings. The molecule has 0 spiro atoms. The lowest BCUT2D eigenvalue weighted by Gasteiger charge is -2.26. The van der Waals surface area contributed by atoms with Gasteiger partial charge in [0, 0.05) is 6.08 Å². The van der Waals surface area contributed by atoms with Crippen LogP contribution in [0, 0.1) is 11.8 Å². The highest BCUT2D eigenvalue weighted by atomic mass is 16.5. The van der Waals surface area contributed by atoms with Gasteiger partial charge in [0.1, 0.15) is 0 Å². The van der Waals surface area contributed by atoms with Crippen molar-refractivity contribution in [1.82, 2.24) is 0 Å². The maximum absolute atomic E-state index is 10.9. The summed E-state index contributed by atoms with van der Waals surface area (Å²) in [5.41, 5.74) is 1.49. The Labute approximate surface area is 92.0 Å². The molecule has 2 nitrogen and oxygen atoms in total. The van der Waals surface area contributed by atoms with Crippen molar-refractivity contribution < 1.29 is 9.53 Å². The van der Waals surface area contributed by atoms with Gasteiger partial charge in [-0.3, -0.25) is 0 Å². The second kappa shape index (κ2) is 5.74. The maximum atomic E-state index is 10.9. The van der Waals surface area contributed by atoms with Crippen LogP contribution < -0.4 is 0 Å². The molecular formula is C13H20O2. The number of carbonyl (C=O) groups is 1. The van der Waals surface area contributed by atoms with E-state index in [-0.39, 0.29) is 5.97 Å². The number of ether oxygens (including phenoxy) is 1. The Morgan fingerprint density at radius 3 is 3.07 bits per heavy atom. The molecular weight excluding hydrogens is 188 g/mol. The molecule has 84 valence electrons. The van der Waals surface area contributed by atoms with Crippen molar-refractivity contribution in [3.63, 3.8) is 0 Å². The third-order valence-corrected chi connectivity index (χ3v) is 3.14. The van der Waals surface area contributed by atoms with E-state index in [1.54, 1.807) is 0 Å². The first kappa shape index (κ1) is 12.0. The van der Waals surface area contributed by atoms with Gasteiger partial charge in [-0.1, -0.05) is 25.2 Å². The summed E-state index contributed by atoms with van der Waals surface area (Å²) in [6.07, 6.45) is 7.05. The van der Waals surface area contributed by atoms with Gasteiger partial charge in [0.05, 0.1) is 6.61 Å². The molecule has 0 saturated heterocycles. The summed E-state index contributed by atoms with van der Waals surface area (Å²) >= 11 is 0. The zero-order valence-electron chi connectivity index (χ0n) is 9.66. The van der Waals surface area contributed by atoms with Crippen LogP contribution >= 0.6 is 0 Å². The van der Waals surface area contributed by atoms with Crippen molar-refractivity contribution in [2.75, 3.05) is 6.61 Å². The van der Waals surface area contributed by atoms with E-state index in [0.717, 1.165) is 6.42 Å². The molecule has 0 N–H and O–H groups in total. The lowest BCUT2D eigenvalue weighted by atomic mass is 9.82. The number of carbonyl (C=O) groups excluding carboxylic acids is 1. The molecule has 0 heterocycles. The number of hydrogen-bond donors (Lipinski definition) is 0. The van der Waals surface area contributed by atoms with Crippen LogP contribution in [0.2, 0.25) is 0 Å². The fraction of sp³-hybridized carbons (Fsp3) is 0.615. The zero-order chi connectivity index (χ0) is 11.3. The zero-order valence-corrected chi connectivity index (χ0v) is 9.66. The summed E-state index contributed by atoms with van der Waals surface area (Å²) in [4.78, 5) is 10.9. The lowest BCUT2D eigenvalue weighted by Crippen LogP contribution is -2.20. The second-order valence-electron chi connectivity index (χ2n) is 4.40. The predicted octanol–water partition coefficient (Wildman–Crippen LogP) is 3.10. The van der Waals surface area contributed by atoms with Crippen LogP contribution in [0.4, 0.5) is 0 Å². The molecule has 0 aliphatic heterocycles. The Kier molecular flexibility index (Phi) is 4.60. The summed E-state index contributed by atoms with van der Waals surface area (Å²) in [7, 11) is 0. The van der Waals surface area contributed by atoms with Gasteiger partial charge in [-0.25, -0.2) is 4.79 Å². The van der Waals surface area contributed by atoms with E-state index in [0.29, 0.717) is 18.4 Å². The first-order valence-electron chi connectivity index (χ1n) is 5.58. The second-order valence-corrected chi connectivity index (χ2v) is 4.40. The molecule has 0 aromatic heterocycles. The average Bonchev–Trinajstić information content (AvgIpc) is 2.26. The predicted molar refractivity (Wildman–Crippen MR) is 61.4 cm³/mol. The monoisotopic (exact) mass is 208 g/mol. The van der Waals surface area contributed by atoms with Gasteiger partial charge in [-0.05, 0) is 38.0 Å². The molecule has 0 aromatic carbocycles. The van der Waals surface area contributed by atoms with Crippen molar-refractivity contribution in [2.45, 2.75) is 33.1 Å². The van der Waals surface area contributed by atoms with E-state index >= 15 is 0 Å². The van der Waals surface area contributed by atoms with E-state index in [2.05, 4.69) is 26.5 Å². The average molecular weight is 208 g/mol. The fourth-order valence-corrected chi connectivity index (χ4v) is 1.91. The molecule has 0 bridgehead atoms. The molecule has 1 rings (SSSR count). The van der Waals surface area contributed by atoms with Crippen LogP contribution in [0.15, 0.2) is 24.3 Å². The standard InChI is InChI=1S/C13H20O2/c1-4-13(14)15-9-11(3)12-7-5-10(2)6-8-12/h4-5,11-12H,1,6-9H2,2-3H3/t11?,12-/m0/s1. The van der Waals surface area contributed by atoms with Crippen molar-refractivity contribution in [1.29, 1.82) is 0 Å². The van der Waals surface area contributed by atoms with E-state index in [1.165, 1.54) is 24.5 Å². The minimum Gasteiger partial charge on any atom is -0.462 e. The molecule has 0 radical (unpaired) electrons. The van der Waals surface area contributed by atoms with Gasteiger partial charge in [0.15, 0.2) is 0 Å². The van der Waals surface area contributed by atoms with Crippen molar-refractivity contribution in [2.24, 2.45) is 11.8 Å². The molecule has 2 atom stereocenters. The molecule has 15 heavy (non-hydrogen) atoms. The van der Waals surface area contributed by atoms with E-state index in [1.807, 2.05) is 0 Å². The number of rotatable bonds is 4. The summed E-state index contributed by atoms with van der Waals surface area (Å²) < 4.78 is 5.06. The molecule has 1 aliphatic rings. The molecule has 0 saturated carbocycles. The summed E-state index contributed by atoms with van der Waals surface area (Å²) in [6.45, 7) is 8.22. The van der Waals surface area contributed by atoms with E-state index < -0.39 is 0 Å². The highest BCUT2D eigenvalue weighted by molar-refractivity contribution is 5.81. The lowest BCUT2D eigenvalue weighted by molar-refractivity contribution is -0.139. The maximum Gasteiger partial charge on any atom is 0.330 e. The fourth-order valence-electron chi connectivity index (χ4n) is 1.91. The summed E-state index contributed by atoms with van der Waals surface area (Å²) in [5.74, 6) is 0.786. The van der Waals surface area contributed by atoms with Crippen LogP contribution in [0.5, 0.6) is 0 Å². The van der Waals surface area contributed by atoms with Crippen LogP contribution in [-0.4, -0.2) is 12.6 Å². The highest BCUT2D eigenvalue weighted by Gasteiger charge is 2.20. The van der Waals surface area contributed by atoms with Gasteiger partial charge >= 0.3 is 5.97 Å². The van der Waals surface area contributed by atoms with Crippen molar-refractivity contribution in [3.05, 3.63) is 24.3 Å². The molecule has 2 heteroatoms. The Morgan fingerprint density at radius 1 is 1.80 bits per heavy atom. The quantitative estimate of drug-likeness (QED) is 0.403. The Hall–Kier alpha value is -1.05. The van der Waals surface area contributed by atoms with Crippen LogP contribution in [0.3, 0.4) is 0 Å². The van der Waals surface area contributed by atoms with Gasteiger partial charge in [-0.2, -0.15) is 0 Å². The Morgan fingerprint density at radius 2 is 2.53 bits per heavy atom. The summed E-state index contributed by atoms with van der Waals surface area (Å²) in [5, 5.41) is 0. The highest BCUT2D eigenvalue weighted by Crippen LogP contribution is 2.29. The normalized spacial score (nSPS) is 22.8. The number of esters is 1. The molecule has 0 amide bonds. The van der Waals surface area contributed by atoms with Gasteiger partial charge in [0.25, 0.3) is 0 Å². The topological polar surface area (TPSA) is 26.3 Å². The molecule has 1 unspecified atom stereocenters. The van der Waals surface area contributed by atoms with Crippen LogP contribution in [0.25, 0.3) is 0 Å². The smallest absolute Gasteiger partial charge is 0.330 e. The SMILES string of the molecule is C=CC(=O)OCC(C)[C@H]1CC=C(C)CC1. The van der Waals surface area contributed by atoms with Gasteiger partial charge < -0.3 is 4.74 Å². The minimum absolute atomic E-state index is 0.315. The van der Waals surface area contributed by atoms with Crippen molar-refractivity contribution >= 4 is 5.97 Å². The third-order valence-electron chi connectivity index (χ3n) is 3.14. The first-order chi connectivity index (χ1) is 7.13. The Balaban J connectivity index is 2.31. The van der Waals surface area contributed by atoms with Gasteiger partial charge in [0.2, 0.25) is 0 Å². The Bertz CT molecular complexity index is 266. The van der Waals surface area contributed by atoms with E-state index in [9.17, 15) is 4.79 Å². The largest absolute Gasteiger partial charge is 0.462 e. The summed E-state index contributed by atoms with van der Waals surface area (Å²) in [6, 6.07) is 0. The minimum atomic E-state index is -0.315. The molecule has 1 aliphatic carbocycles.